The number of nitrogens with one attached hydrogen (secondary N) is 1. The van der Waals surface area contributed by atoms with Gasteiger partial charge in [-0.1, -0.05) is 58.9 Å². The van der Waals surface area contributed by atoms with Crippen LogP contribution in [0.4, 0.5) is 0 Å². The summed E-state index contributed by atoms with van der Waals surface area (Å²) >= 11 is 0. The van der Waals surface area contributed by atoms with Crippen LogP contribution in [0.1, 0.15) is 115 Å². The number of carbonyl (C=O) groups excluding carboxylic acids is 1. The molecule has 3 unspecified atom stereocenters. The number of aryl methyl sites for hydroxylation is 1. The molecule has 39 heavy (non-hydrogen) atoms. The average Bonchev–Trinajstić information content (AvgIpc) is 3.54. The van der Waals surface area contributed by atoms with Crippen molar-refractivity contribution < 1.29 is 19.1 Å². The van der Waals surface area contributed by atoms with E-state index in [1.165, 1.54) is 23.8 Å². The fourth-order valence-corrected chi connectivity index (χ4v) is 5.00. The molecule has 3 atom stereocenters. The maximum atomic E-state index is 13.4. The molecule has 0 aliphatic heterocycles. The standard InChI is InChI=1S/C31H40N2O4.C2H6/c1-7-10-25-28(33-17-32-25)24(31-27(22-14-15-22)23-11-8-9-12-26(23)37-31)16-13-19(4)29(35)30(18(2)3)36-21(6)20(5)34;1-2/h8-9,11-12,17,19-20,22,24,34H,6-7,10,13-16H2,1-5H3,(H,32,33);1-2H3. The summed E-state index contributed by atoms with van der Waals surface area (Å²) in [7, 11) is 0. The third-order valence-electron chi connectivity index (χ3n) is 7.26. The molecule has 2 N–H and O–H groups in total. The molecule has 6 nitrogen and oxygen atoms in total. The average molecular weight is 535 g/mol. The van der Waals surface area contributed by atoms with Crippen molar-refractivity contribution >= 4 is 16.8 Å². The van der Waals surface area contributed by atoms with Crippen LogP contribution in [0, 0.1) is 5.92 Å². The minimum atomic E-state index is -0.854. The SMILES string of the molecule is C=C(OC(C(=O)C(C)CCC(c1nc[nH]c1CCC)c1oc2ccccc2c1C1CC1)=C(C)C)C(C)O.CC. The van der Waals surface area contributed by atoms with Gasteiger partial charge < -0.3 is 19.2 Å². The summed E-state index contributed by atoms with van der Waals surface area (Å²) < 4.78 is 12.3. The van der Waals surface area contributed by atoms with Gasteiger partial charge in [0.2, 0.25) is 5.78 Å². The van der Waals surface area contributed by atoms with E-state index in [2.05, 4.69) is 30.6 Å². The number of imidazole rings is 1. The number of furan rings is 1. The van der Waals surface area contributed by atoms with Gasteiger partial charge in [-0.15, -0.1) is 0 Å². The second-order valence-corrected chi connectivity index (χ2v) is 10.6. The minimum absolute atomic E-state index is 0.0467. The number of para-hydroxylation sites is 1. The molecular formula is C33H46N2O4. The number of hydrogen-bond donors (Lipinski definition) is 2. The zero-order valence-corrected chi connectivity index (χ0v) is 24.8. The molecule has 4 rings (SSSR count). The first-order chi connectivity index (χ1) is 18.7. The van der Waals surface area contributed by atoms with Crippen LogP contribution in [0.25, 0.3) is 11.0 Å². The van der Waals surface area contributed by atoms with E-state index in [1.807, 2.05) is 46.8 Å². The van der Waals surface area contributed by atoms with E-state index in [1.54, 1.807) is 13.3 Å². The van der Waals surface area contributed by atoms with E-state index in [9.17, 15) is 9.90 Å². The fraction of sp³-hybridized carbons (Fsp3) is 0.515. The second-order valence-electron chi connectivity index (χ2n) is 10.6. The van der Waals surface area contributed by atoms with Crippen molar-refractivity contribution in [2.24, 2.45) is 5.92 Å². The number of benzene rings is 1. The number of ketones is 1. The van der Waals surface area contributed by atoms with Crippen molar-refractivity contribution in [1.82, 2.24) is 9.97 Å². The largest absolute Gasteiger partial charge is 0.460 e. The summed E-state index contributed by atoms with van der Waals surface area (Å²) in [5.41, 5.74) is 5.14. The van der Waals surface area contributed by atoms with E-state index in [0.29, 0.717) is 12.3 Å². The molecular weight excluding hydrogens is 488 g/mol. The maximum absolute atomic E-state index is 13.4. The van der Waals surface area contributed by atoms with Gasteiger partial charge in [0.15, 0.2) is 5.76 Å². The Morgan fingerprint density at radius 2 is 1.90 bits per heavy atom. The number of nitrogens with zero attached hydrogens (tertiary/aromatic N) is 1. The number of aromatic nitrogens is 2. The van der Waals surface area contributed by atoms with Crippen molar-refractivity contribution in [2.45, 2.75) is 105 Å². The number of aliphatic hydroxyl groups is 1. The number of aliphatic hydroxyl groups excluding tert-OH is 1. The number of rotatable bonds is 13. The Balaban J connectivity index is 0.00000205. The summed E-state index contributed by atoms with van der Waals surface area (Å²) in [5, 5.41) is 11.0. The summed E-state index contributed by atoms with van der Waals surface area (Å²) in [6.45, 7) is 17.1. The summed E-state index contributed by atoms with van der Waals surface area (Å²) in [5.74, 6) is 1.55. The van der Waals surface area contributed by atoms with Gasteiger partial charge in [-0.3, -0.25) is 4.79 Å². The maximum Gasteiger partial charge on any atom is 0.200 e. The predicted octanol–water partition coefficient (Wildman–Crippen LogP) is 8.33. The lowest BCUT2D eigenvalue weighted by molar-refractivity contribution is -0.122. The number of allylic oxidation sites excluding steroid dienone is 2. The highest BCUT2D eigenvalue weighted by molar-refractivity contribution is 5.95. The summed E-state index contributed by atoms with van der Waals surface area (Å²) in [6.07, 6.45) is 6.57. The molecule has 212 valence electrons. The van der Waals surface area contributed by atoms with Crippen LogP contribution in [-0.2, 0) is 16.0 Å². The smallest absolute Gasteiger partial charge is 0.200 e. The monoisotopic (exact) mass is 534 g/mol. The number of Topliss-reactive ketones (excluding diaryl/α,β-unsaturated/α-hetero) is 1. The van der Waals surface area contributed by atoms with Crippen LogP contribution in [-0.4, -0.2) is 27.0 Å². The van der Waals surface area contributed by atoms with Crippen LogP contribution in [0.3, 0.4) is 0 Å². The number of carbonyl (C=O) groups is 1. The van der Waals surface area contributed by atoms with E-state index in [-0.39, 0.29) is 29.1 Å². The van der Waals surface area contributed by atoms with Gasteiger partial charge >= 0.3 is 0 Å². The second kappa shape index (κ2) is 13.8. The van der Waals surface area contributed by atoms with Crippen LogP contribution in [0.2, 0.25) is 0 Å². The Kier molecular flexibility index (Phi) is 10.8. The van der Waals surface area contributed by atoms with Crippen molar-refractivity contribution in [1.29, 1.82) is 0 Å². The highest BCUT2D eigenvalue weighted by Gasteiger charge is 2.36. The topological polar surface area (TPSA) is 88.4 Å². The van der Waals surface area contributed by atoms with E-state index in [4.69, 9.17) is 14.1 Å². The number of hydrogen-bond acceptors (Lipinski definition) is 5. The number of H-pyrrole nitrogens is 1. The molecule has 0 spiro atoms. The van der Waals surface area contributed by atoms with E-state index < -0.39 is 6.10 Å². The van der Waals surface area contributed by atoms with Gasteiger partial charge in [-0.25, -0.2) is 4.98 Å². The molecule has 1 aliphatic carbocycles. The molecule has 1 aromatic carbocycles. The Morgan fingerprint density at radius 1 is 1.21 bits per heavy atom. The third kappa shape index (κ3) is 7.10. The molecule has 0 radical (unpaired) electrons. The van der Waals surface area contributed by atoms with Crippen LogP contribution < -0.4 is 0 Å². The van der Waals surface area contributed by atoms with Gasteiger partial charge in [0, 0.05) is 22.6 Å². The molecule has 0 saturated heterocycles. The quantitative estimate of drug-likeness (QED) is 0.170. The zero-order chi connectivity index (χ0) is 28.7. The Morgan fingerprint density at radius 3 is 2.51 bits per heavy atom. The van der Waals surface area contributed by atoms with Gasteiger partial charge in [0.05, 0.1) is 17.9 Å². The lowest BCUT2D eigenvalue weighted by Gasteiger charge is -2.21. The molecule has 2 aromatic heterocycles. The molecule has 6 heteroatoms. The lowest BCUT2D eigenvalue weighted by atomic mass is 9.86. The molecule has 1 aliphatic rings. The molecule has 3 aromatic rings. The van der Waals surface area contributed by atoms with E-state index >= 15 is 0 Å². The molecule has 1 saturated carbocycles. The predicted molar refractivity (Wildman–Crippen MR) is 158 cm³/mol. The minimum Gasteiger partial charge on any atom is -0.460 e. The van der Waals surface area contributed by atoms with Crippen LogP contribution in [0.15, 0.2) is 58.7 Å². The Bertz CT molecular complexity index is 1290. The van der Waals surface area contributed by atoms with Gasteiger partial charge in [-0.05, 0) is 70.4 Å². The van der Waals surface area contributed by atoms with Gasteiger partial charge in [0.25, 0.3) is 0 Å². The highest BCUT2D eigenvalue weighted by atomic mass is 16.5. The summed E-state index contributed by atoms with van der Waals surface area (Å²) in [6, 6.07) is 8.28. The fourth-order valence-electron chi connectivity index (χ4n) is 5.00. The summed E-state index contributed by atoms with van der Waals surface area (Å²) in [4.78, 5) is 21.5. The Hall–Kier alpha value is -3.12. The van der Waals surface area contributed by atoms with Gasteiger partial charge in [-0.2, -0.15) is 0 Å². The van der Waals surface area contributed by atoms with E-state index in [0.717, 1.165) is 47.6 Å². The van der Waals surface area contributed by atoms with Crippen LogP contribution in [0.5, 0.6) is 0 Å². The number of fused-ring (bicyclic) bond motifs is 1. The molecule has 1 fully saturated rings. The normalized spacial score (nSPS) is 15.2. The van der Waals surface area contributed by atoms with Crippen molar-refractivity contribution in [2.75, 3.05) is 0 Å². The lowest BCUT2D eigenvalue weighted by Crippen LogP contribution is -2.20. The van der Waals surface area contributed by atoms with Crippen molar-refractivity contribution in [3.8, 4) is 0 Å². The molecule has 2 heterocycles. The number of ether oxygens (including phenoxy) is 1. The molecule has 0 bridgehead atoms. The zero-order valence-electron chi connectivity index (χ0n) is 24.8. The van der Waals surface area contributed by atoms with Crippen molar-refractivity contribution in [3.63, 3.8) is 0 Å². The first kappa shape index (κ1) is 30.4. The van der Waals surface area contributed by atoms with Crippen LogP contribution >= 0.6 is 0 Å². The highest BCUT2D eigenvalue weighted by Crippen LogP contribution is 2.49. The molecule has 0 amide bonds. The van der Waals surface area contributed by atoms with Gasteiger partial charge in [0.1, 0.15) is 23.2 Å². The third-order valence-corrected chi connectivity index (χ3v) is 7.26. The first-order valence-electron chi connectivity index (χ1n) is 14.5. The first-order valence-corrected chi connectivity index (χ1v) is 14.5. The van der Waals surface area contributed by atoms with Crippen molar-refractivity contribution in [3.05, 3.63) is 77.0 Å². The number of aromatic amines is 1. The Labute approximate surface area is 233 Å².